The van der Waals surface area contributed by atoms with Crippen molar-refractivity contribution in [3.63, 3.8) is 0 Å². The maximum absolute atomic E-state index is 5.53. The fourth-order valence-corrected chi connectivity index (χ4v) is 1.70. The van der Waals surface area contributed by atoms with Crippen molar-refractivity contribution in [3.05, 3.63) is 40.2 Å². The van der Waals surface area contributed by atoms with Gasteiger partial charge in [-0.05, 0) is 40.8 Å². The molecule has 2 rings (SSSR count). The Morgan fingerprint density at radius 2 is 2.13 bits per heavy atom. The first-order chi connectivity index (χ1) is 7.24. The summed E-state index contributed by atoms with van der Waals surface area (Å²) in [6, 6.07) is 7.99. The Labute approximate surface area is 101 Å². The molecule has 0 saturated heterocycles. The lowest BCUT2D eigenvalue weighted by Gasteiger charge is -2.05. The van der Waals surface area contributed by atoms with Gasteiger partial charge in [-0.3, -0.25) is 4.98 Å². The van der Waals surface area contributed by atoms with Crippen LogP contribution in [-0.2, 0) is 0 Å². The summed E-state index contributed by atoms with van der Waals surface area (Å²) in [5.74, 6) is 1.06. The molecule has 0 unspecified atom stereocenters. The van der Waals surface area contributed by atoms with Crippen molar-refractivity contribution >= 4 is 39.9 Å². The summed E-state index contributed by atoms with van der Waals surface area (Å²) in [7, 11) is 0. The number of nitrogens with zero attached hydrogens (tertiary/aromatic N) is 2. The number of nitrogens with two attached hydrogens (primary N) is 1. The fourth-order valence-electron chi connectivity index (χ4n) is 1.16. The molecule has 0 radical (unpaired) electrons. The van der Waals surface area contributed by atoms with Crippen LogP contribution in [0.25, 0.3) is 0 Å². The first kappa shape index (κ1) is 10.2. The van der Waals surface area contributed by atoms with E-state index in [2.05, 4.69) is 37.9 Å². The summed E-state index contributed by atoms with van der Waals surface area (Å²) < 4.78 is 1.16. The van der Waals surface area contributed by atoms with E-state index in [0.29, 0.717) is 11.6 Å². The quantitative estimate of drug-likeness (QED) is 0.836. The molecule has 3 N–H and O–H groups in total. The largest absolute Gasteiger partial charge is 0.382 e. The number of anilines is 3. The minimum Gasteiger partial charge on any atom is -0.382 e. The third-order valence-corrected chi connectivity index (χ3v) is 2.42. The highest BCUT2D eigenvalue weighted by Crippen LogP contribution is 2.16. The minimum absolute atomic E-state index is 0.408. The molecule has 0 aliphatic rings. The average molecular weight is 312 g/mol. The van der Waals surface area contributed by atoms with Gasteiger partial charge in [0.2, 0.25) is 0 Å². The zero-order chi connectivity index (χ0) is 10.7. The third-order valence-electron chi connectivity index (χ3n) is 1.75. The Bertz CT molecular complexity index is 429. The molecule has 0 atom stereocenters. The van der Waals surface area contributed by atoms with Crippen molar-refractivity contribution in [2.45, 2.75) is 0 Å². The molecule has 0 amide bonds. The number of hydrogen-bond acceptors (Lipinski definition) is 4. The average Bonchev–Trinajstić information content (AvgIpc) is 2.17. The standard InChI is InChI=1S/C10H9IN4/c11-7-2-1-3-8(4-7)14-10-6-13-5-9(12)15-10/h1-6H,(H3,12,14,15). The number of benzene rings is 1. The highest BCUT2D eigenvalue weighted by molar-refractivity contribution is 14.1. The van der Waals surface area contributed by atoms with Crippen molar-refractivity contribution in [2.24, 2.45) is 0 Å². The van der Waals surface area contributed by atoms with Crippen LogP contribution in [0.5, 0.6) is 0 Å². The molecule has 0 fully saturated rings. The second kappa shape index (κ2) is 4.43. The van der Waals surface area contributed by atoms with Gasteiger partial charge in [0.15, 0.2) is 5.82 Å². The number of nitrogen functional groups attached to an aromatic ring is 1. The van der Waals surface area contributed by atoms with Crippen LogP contribution in [0.2, 0.25) is 0 Å². The van der Waals surface area contributed by atoms with Crippen LogP contribution in [0, 0.1) is 3.57 Å². The maximum Gasteiger partial charge on any atom is 0.151 e. The Kier molecular flexibility index (Phi) is 3.00. The second-order valence-corrected chi connectivity index (χ2v) is 4.21. The fraction of sp³-hybridized carbons (Fsp3) is 0. The Morgan fingerprint density at radius 3 is 2.87 bits per heavy atom. The molecule has 0 saturated carbocycles. The SMILES string of the molecule is Nc1cncc(Nc2cccc(I)c2)n1. The summed E-state index contributed by atoms with van der Waals surface area (Å²) in [6.07, 6.45) is 3.15. The van der Waals surface area contributed by atoms with Crippen molar-refractivity contribution in [2.75, 3.05) is 11.1 Å². The summed E-state index contributed by atoms with van der Waals surface area (Å²) >= 11 is 2.25. The molecule has 5 heteroatoms. The van der Waals surface area contributed by atoms with Gasteiger partial charge in [-0.1, -0.05) is 6.07 Å². The Balaban J connectivity index is 2.22. The normalized spacial score (nSPS) is 9.93. The molecule has 76 valence electrons. The van der Waals surface area contributed by atoms with Gasteiger partial charge in [0.25, 0.3) is 0 Å². The van der Waals surface area contributed by atoms with Crippen LogP contribution in [0.3, 0.4) is 0 Å². The highest BCUT2D eigenvalue weighted by atomic mass is 127. The van der Waals surface area contributed by atoms with Crippen LogP contribution in [0.15, 0.2) is 36.7 Å². The molecule has 0 spiro atoms. The topological polar surface area (TPSA) is 63.8 Å². The Hall–Kier alpha value is -1.37. The lowest BCUT2D eigenvalue weighted by atomic mass is 10.3. The molecular formula is C10H9IN4. The molecule has 1 aromatic carbocycles. The van der Waals surface area contributed by atoms with E-state index in [4.69, 9.17) is 5.73 Å². The van der Waals surface area contributed by atoms with Gasteiger partial charge < -0.3 is 11.1 Å². The molecule has 0 bridgehead atoms. The number of aromatic nitrogens is 2. The van der Waals surface area contributed by atoms with Crippen LogP contribution in [-0.4, -0.2) is 9.97 Å². The monoisotopic (exact) mass is 312 g/mol. The van der Waals surface area contributed by atoms with E-state index < -0.39 is 0 Å². The van der Waals surface area contributed by atoms with E-state index in [1.165, 1.54) is 6.20 Å². The van der Waals surface area contributed by atoms with E-state index >= 15 is 0 Å². The van der Waals surface area contributed by atoms with Gasteiger partial charge in [0.1, 0.15) is 5.82 Å². The number of hydrogen-bond donors (Lipinski definition) is 2. The molecule has 2 aromatic rings. The lowest BCUT2D eigenvalue weighted by molar-refractivity contribution is 1.21. The van der Waals surface area contributed by atoms with E-state index in [-0.39, 0.29) is 0 Å². The van der Waals surface area contributed by atoms with E-state index in [1.54, 1.807) is 6.20 Å². The van der Waals surface area contributed by atoms with E-state index in [1.807, 2.05) is 24.3 Å². The lowest BCUT2D eigenvalue weighted by Crippen LogP contribution is -1.98. The number of rotatable bonds is 2. The van der Waals surface area contributed by atoms with Crippen molar-refractivity contribution in [1.82, 2.24) is 9.97 Å². The molecular weight excluding hydrogens is 303 g/mol. The van der Waals surface area contributed by atoms with Crippen LogP contribution < -0.4 is 11.1 Å². The van der Waals surface area contributed by atoms with E-state index in [0.717, 1.165) is 9.26 Å². The smallest absolute Gasteiger partial charge is 0.151 e. The van der Waals surface area contributed by atoms with Crippen molar-refractivity contribution in [3.8, 4) is 0 Å². The van der Waals surface area contributed by atoms with Gasteiger partial charge in [-0.2, -0.15) is 0 Å². The van der Waals surface area contributed by atoms with Crippen molar-refractivity contribution < 1.29 is 0 Å². The molecule has 1 heterocycles. The molecule has 4 nitrogen and oxygen atoms in total. The minimum atomic E-state index is 0.408. The van der Waals surface area contributed by atoms with Crippen molar-refractivity contribution in [1.29, 1.82) is 0 Å². The first-order valence-electron chi connectivity index (χ1n) is 4.34. The molecule has 0 aliphatic heterocycles. The zero-order valence-corrected chi connectivity index (χ0v) is 9.97. The summed E-state index contributed by atoms with van der Waals surface area (Å²) in [6.45, 7) is 0. The van der Waals surface area contributed by atoms with E-state index in [9.17, 15) is 0 Å². The third kappa shape index (κ3) is 2.79. The summed E-state index contributed by atoms with van der Waals surface area (Å²) in [5.41, 5.74) is 6.50. The molecule has 1 aromatic heterocycles. The zero-order valence-electron chi connectivity index (χ0n) is 7.81. The maximum atomic E-state index is 5.53. The predicted molar refractivity (Wildman–Crippen MR) is 68.9 cm³/mol. The number of nitrogens with one attached hydrogen (secondary N) is 1. The predicted octanol–water partition coefficient (Wildman–Crippen LogP) is 2.41. The van der Waals surface area contributed by atoms with Crippen LogP contribution >= 0.6 is 22.6 Å². The number of halogens is 1. The summed E-state index contributed by atoms with van der Waals surface area (Å²) in [5, 5.41) is 3.13. The molecule has 0 aliphatic carbocycles. The van der Waals surface area contributed by atoms with Crippen LogP contribution in [0.4, 0.5) is 17.3 Å². The van der Waals surface area contributed by atoms with Gasteiger partial charge in [0.05, 0.1) is 12.4 Å². The van der Waals surface area contributed by atoms with Gasteiger partial charge in [0, 0.05) is 9.26 Å². The highest BCUT2D eigenvalue weighted by Gasteiger charge is 1.97. The van der Waals surface area contributed by atoms with Crippen LogP contribution in [0.1, 0.15) is 0 Å². The molecule has 15 heavy (non-hydrogen) atoms. The first-order valence-corrected chi connectivity index (χ1v) is 5.42. The van der Waals surface area contributed by atoms with Gasteiger partial charge in [-0.25, -0.2) is 4.98 Å². The van der Waals surface area contributed by atoms with Gasteiger partial charge in [-0.15, -0.1) is 0 Å². The Morgan fingerprint density at radius 1 is 1.27 bits per heavy atom. The second-order valence-electron chi connectivity index (χ2n) is 2.96. The summed E-state index contributed by atoms with van der Waals surface area (Å²) in [4.78, 5) is 8.05. The van der Waals surface area contributed by atoms with Gasteiger partial charge >= 0.3 is 0 Å².